The number of sulfone groups is 1. The Hall–Kier alpha value is -0.740. The highest BCUT2D eigenvalue weighted by Crippen LogP contribution is 2.25. The molecule has 1 aromatic rings. The van der Waals surface area contributed by atoms with E-state index in [1.54, 1.807) is 0 Å². The third-order valence-electron chi connectivity index (χ3n) is 4.53. The molecule has 0 unspecified atom stereocenters. The Labute approximate surface area is 146 Å². The van der Waals surface area contributed by atoms with Crippen LogP contribution in [0.15, 0.2) is 23.1 Å². The van der Waals surface area contributed by atoms with E-state index in [0.29, 0.717) is 19.5 Å². The number of benzene rings is 1. The van der Waals surface area contributed by atoms with Crippen molar-refractivity contribution in [2.24, 2.45) is 0 Å². The number of nitrogens with zero attached hydrogens (tertiary/aromatic N) is 2. The van der Waals surface area contributed by atoms with Crippen LogP contribution in [0.4, 0.5) is 4.39 Å². The van der Waals surface area contributed by atoms with Gasteiger partial charge >= 0.3 is 0 Å². The van der Waals surface area contributed by atoms with Crippen molar-refractivity contribution in [3.8, 4) is 0 Å². The van der Waals surface area contributed by atoms with Gasteiger partial charge in [-0.05, 0) is 24.6 Å². The highest BCUT2D eigenvalue weighted by molar-refractivity contribution is 7.91. The lowest BCUT2D eigenvalue weighted by Crippen LogP contribution is -2.52. The molecule has 2 saturated heterocycles. The second-order valence-electron chi connectivity index (χ2n) is 6.07. The van der Waals surface area contributed by atoms with E-state index in [1.807, 2.05) is 4.90 Å². The molecule has 0 aromatic heterocycles. The zero-order chi connectivity index (χ0) is 17.5. The molecule has 24 heavy (non-hydrogen) atoms. The van der Waals surface area contributed by atoms with Crippen LogP contribution in [-0.2, 0) is 19.9 Å². The molecule has 2 aliphatic rings. The Morgan fingerprint density at radius 3 is 2.38 bits per heavy atom. The standard InChI is InChI=1S/C14H18ClFN2O4S2/c15-13-9-12(1-2-14(13)16)24(21,22)18-6-4-17(5-7-18)11-3-8-23(19,20)10-11/h1-2,9,11H,3-8,10H2/t11-/m1/s1. The maximum atomic E-state index is 13.2. The molecule has 0 saturated carbocycles. The normalized spacial score (nSPS) is 25.8. The van der Waals surface area contributed by atoms with Crippen LogP contribution in [0.5, 0.6) is 0 Å². The van der Waals surface area contributed by atoms with Crippen molar-refractivity contribution in [1.82, 2.24) is 9.21 Å². The van der Waals surface area contributed by atoms with Gasteiger partial charge in [-0.1, -0.05) is 11.6 Å². The molecule has 0 aliphatic carbocycles. The fraction of sp³-hybridized carbons (Fsp3) is 0.571. The Bertz CT molecular complexity index is 836. The van der Waals surface area contributed by atoms with Gasteiger partial charge in [0.05, 0.1) is 21.4 Å². The summed E-state index contributed by atoms with van der Waals surface area (Å²) in [6, 6.07) is 3.32. The van der Waals surface area contributed by atoms with Gasteiger partial charge in [-0.25, -0.2) is 21.2 Å². The molecule has 1 aromatic carbocycles. The Kier molecular flexibility index (Phi) is 4.91. The Morgan fingerprint density at radius 2 is 1.83 bits per heavy atom. The zero-order valence-corrected chi connectivity index (χ0v) is 15.2. The summed E-state index contributed by atoms with van der Waals surface area (Å²) in [5.74, 6) is -0.319. The number of halogens is 2. The number of hydrogen-bond acceptors (Lipinski definition) is 5. The van der Waals surface area contributed by atoms with Crippen LogP contribution < -0.4 is 0 Å². The topological polar surface area (TPSA) is 74.8 Å². The highest BCUT2D eigenvalue weighted by Gasteiger charge is 2.36. The average Bonchev–Trinajstić information content (AvgIpc) is 2.90. The van der Waals surface area contributed by atoms with Gasteiger partial charge in [-0.3, -0.25) is 4.90 Å². The van der Waals surface area contributed by atoms with E-state index in [9.17, 15) is 21.2 Å². The monoisotopic (exact) mass is 396 g/mol. The Morgan fingerprint density at radius 1 is 1.17 bits per heavy atom. The van der Waals surface area contributed by atoms with Gasteiger partial charge in [0.2, 0.25) is 10.0 Å². The van der Waals surface area contributed by atoms with Crippen LogP contribution in [0.1, 0.15) is 6.42 Å². The second-order valence-corrected chi connectivity index (χ2v) is 10.6. The molecular weight excluding hydrogens is 379 g/mol. The summed E-state index contributed by atoms with van der Waals surface area (Å²) >= 11 is 5.67. The summed E-state index contributed by atoms with van der Waals surface area (Å²) in [5.41, 5.74) is 0. The predicted molar refractivity (Wildman–Crippen MR) is 88.8 cm³/mol. The number of piperazine rings is 1. The first-order valence-electron chi connectivity index (χ1n) is 7.59. The molecule has 0 N–H and O–H groups in total. The van der Waals surface area contributed by atoms with Crippen molar-refractivity contribution < 1.29 is 21.2 Å². The molecule has 2 heterocycles. The molecule has 0 amide bonds. The lowest BCUT2D eigenvalue weighted by Gasteiger charge is -2.36. The van der Waals surface area contributed by atoms with Crippen LogP contribution in [0, 0.1) is 5.82 Å². The van der Waals surface area contributed by atoms with Gasteiger partial charge in [-0.15, -0.1) is 0 Å². The minimum atomic E-state index is -3.73. The van der Waals surface area contributed by atoms with Crippen LogP contribution in [0.25, 0.3) is 0 Å². The molecule has 0 bridgehead atoms. The Balaban J connectivity index is 1.68. The van der Waals surface area contributed by atoms with E-state index >= 15 is 0 Å². The third-order valence-corrected chi connectivity index (χ3v) is 8.46. The molecule has 1 atom stereocenters. The third kappa shape index (κ3) is 3.60. The van der Waals surface area contributed by atoms with E-state index in [1.165, 1.54) is 10.4 Å². The first-order chi connectivity index (χ1) is 11.2. The van der Waals surface area contributed by atoms with E-state index in [4.69, 9.17) is 11.6 Å². The maximum absolute atomic E-state index is 13.2. The summed E-state index contributed by atoms with van der Waals surface area (Å²) in [5, 5.41) is -0.231. The fourth-order valence-electron chi connectivity index (χ4n) is 3.16. The molecule has 2 fully saturated rings. The quantitative estimate of drug-likeness (QED) is 0.761. The highest BCUT2D eigenvalue weighted by atomic mass is 35.5. The predicted octanol–water partition coefficient (Wildman–Crippen LogP) is 0.973. The van der Waals surface area contributed by atoms with Crippen molar-refractivity contribution >= 4 is 31.5 Å². The van der Waals surface area contributed by atoms with Crippen LogP contribution >= 0.6 is 11.6 Å². The van der Waals surface area contributed by atoms with E-state index in [0.717, 1.165) is 12.1 Å². The number of sulfonamides is 1. The smallest absolute Gasteiger partial charge is 0.243 e. The fourth-order valence-corrected chi connectivity index (χ4v) is 6.61. The first-order valence-corrected chi connectivity index (χ1v) is 11.2. The number of hydrogen-bond donors (Lipinski definition) is 0. The molecule has 10 heteroatoms. The first kappa shape index (κ1) is 18.1. The minimum Gasteiger partial charge on any atom is -0.297 e. The van der Waals surface area contributed by atoms with Gasteiger partial charge < -0.3 is 0 Å². The van der Waals surface area contributed by atoms with E-state index in [-0.39, 0.29) is 40.6 Å². The summed E-state index contributed by atoms with van der Waals surface area (Å²) in [6.07, 6.45) is 0.600. The van der Waals surface area contributed by atoms with Gasteiger partial charge in [0, 0.05) is 32.2 Å². The van der Waals surface area contributed by atoms with Gasteiger partial charge in [0.15, 0.2) is 9.84 Å². The van der Waals surface area contributed by atoms with Crippen molar-refractivity contribution in [3.63, 3.8) is 0 Å². The van der Waals surface area contributed by atoms with Crippen molar-refractivity contribution in [2.45, 2.75) is 17.4 Å². The van der Waals surface area contributed by atoms with Crippen molar-refractivity contribution in [2.75, 3.05) is 37.7 Å². The van der Waals surface area contributed by atoms with Gasteiger partial charge in [-0.2, -0.15) is 4.31 Å². The summed E-state index contributed by atoms with van der Waals surface area (Å²) in [7, 11) is -6.70. The van der Waals surface area contributed by atoms with E-state index in [2.05, 4.69) is 0 Å². The summed E-state index contributed by atoms with van der Waals surface area (Å²) in [4.78, 5) is 2.00. The molecular formula is C14H18ClFN2O4S2. The molecule has 3 rings (SSSR count). The van der Waals surface area contributed by atoms with Crippen LogP contribution in [0.2, 0.25) is 5.02 Å². The molecule has 6 nitrogen and oxygen atoms in total. The molecule has 134 valence electrons. The van der Waals surface area contributed by atoms with E-state index < -0.39 is 25.7 Å². The lowest BCUT2D eigenvalue weighted by molar-refractivity contribution is 0.148. The number of rotatable bonds is 3. The van der Waals surface area contributed by atoms with Crippen molar-refractivity contribution in [1.29, 1.82) is 0 Å². The summed E-state index contributed by atoms with van der Waals surface area (Å²) in [6.45, 7) is 1.50. The molecule has 2 aliphatic heterocycles. The van der Waals surface area contributed by atoms with Gasteiger partial charge in [0.1, 0.15) is 5.82 Å². The molecule has 0 spiro atoms. The largest absolute Gasteiger partial charge is 0.297 e. The van der Waals surface area contributed by atoms with Crippen LogP contribution in [-0.4, -0.2) is 69.8 Å². The SMILES string of the molecule is O=S1(=O)CC[C@@H](N2CCN(S(=O)(=O)c3ccc(F)c(Cl)c3)CC2)C1. The second kappa shape index (κ2) is 6.53. The lowest BCUT2D eigenvalue weighted by atomic mass is 10.2. The average molecular weight is 397 g/mol. The van der Waals surface area contributed by atoms with Crippen LogP contribution in [0.3, 0.4) is 0 Å². The minimum absolute atomic E-state index is 0.0277. The zero-order valence-electron chi connectivity index (χ0n) is 12.9. The van der Waals surface area contributed by atoms with Crippen molar-refractivity contribution in [3.05, 3.63) is 29.0 Å². The summed E-state index contributed by atoms with van der Waals surface area (Å²) < 4.78 is 62.9. The molecule has 0 radical (unpaired) electrons. The maximum Gasteiger partial charge on any atom is 0.243 e. The van der Waals surface area contributed by atoms with Gasteiger partial charge in [0.25, 0.3) is 0 Å².